The number of halogens is 1. The van der Waals surface area contributed by atoms with Crippen molar-refractivity contribution in [1.29, 1.82) is 0 Å². The van der Waals surface area contributed by atoms with E-state index in [9.17, 15) is 13.2 Å². The van der Waals surface area contributed by atoms with Crippen molar-refractivity contribution in [3.63, 3.8) is 0 Å². The maximum absolute atomic E-state index is 13.1. The van der Waals surface area contributed by atoms with E-state index in [1.807, 2.05) is 19.0 Å². The second-order valence-corrected chi connectivity index (χ2v) is 10.1. The first-order chi connectivity index (χ1) is 13.1. The van der Waals surface area contributed by atoms with E-state index in [1.165, 1.54) is 23.7 Å². The highest BCUT2D eigenvalue weighted by Gasteiger charge is 2.22. The van der Waals surface area contributed by atoms with E-state index < -0.39 is 9.84 Å². The van der Waals surface area contributed by atoms with Gasteiger partial charge in [-0.25, -0.2) is 13.4 Å². The van der Waals surface area contributed by atoms with E-state index in [0.29, 0.717) is 34.3 Å². The Balaban J connectivity index is 2.01. The number of hydrogen-bond acceptors (Lipinski definition) is 6. The number of carbonyl (C=O) groups excluding carboxylic acids is 1. The van der Waals surface area contributed by atoms with Gasteiger partial charge in [0.2, 0.25) is 0 Å². The molecular formula is C19H20ClN3O3S2. The van der Waals surface area contributed by atoms with E-state index in [4.69, 9.17) is 11.6 Å². The second-order valence-electron chi connectivity index (χ2n) is 6.67. The van der Waals surface area contributed by atoms with Crippen molar-refractivity contribution in [2.45, 2.75) is 4.90 Å². The van der Waals surface area contributed by atoms with Crippen molar-refractivity contribution in [3.8, 4) is 0 Å². The van der Waals surface area contributed by atoms with Crippen molar-refractivity contribution in [2.24, 2.45) is 0 Å². The quantitative estimate of drug-likeness (QED) is 0.589. The fourth-order valence-corrected chi connectivity index (χ4v) is 4.45. The molecule has 0 atom stereocenters. The van der Waals surface area contributed by atoms with Crippen LogP contribution >= 0.6 is 22.9 Å². The average Bonchev–Trinajstić information content (AvgIpc) is 3.04. The molecule has 0 N–H and O–H groups in total. The Labute approximate surface area is 173 Å². The van der Waals surface area contributed by atoms with Crippen molar-refractivity contribution in [3.05, 3.63) is 53.1 Å². The van der Waals surface area contributed by atoms with Crippen LogP contribution in [0.5, 0.6) is 0 Å². The van der Waals surface area contributed by atoms with Gasteiger partial charge in [0.25, 0.3) is 5.91 Å². The van der Waals surface area contributed by atoms with Gasteiger partial charge in [-0.3, -0.25) is 9.69 Å². The monoisotopic (exact) mass is 437 g/mol. The van der Waals surface area contributed by atoms with Gasteiger partial charge in [0, 0.05) is 29.9 Å². The van der Waals surface area contributed by atoms with Crippen molar-refractivity contribution >= 4 is 54.0 Å². The first-order valence-corrected chi connectivity index (χ1v) is 11.6. The topological polar surface area (TPSA) is 70.6 Å². The highest BCUT2D eigenvalue weighted by Crippen LogP contribution is 2.31. The fourth-order valence-electron chi connectivity index (χ4n) is 2.57. The smallest absolute Gasteiger partial charge is 0.260 e. The maximum Gasteiger partial charge on any atom is 0.260 e. The number of amides is 1. The molecule has 3 aromatic rings. The summed E-state index contributed by atoms with van der Waals surface area (Å²) in [5, 5.41) is 1.09. The van der Waals surface area contributed by atoms with Crippen molar-refractivity contribution in [2.75, 3.05) is 38.3 Å². The van der Waals surface area contributed by atoms with Crippen LogP contribution in [-0.4, -0.2) is 57.6 Å². The Morgan fingerprint density at radius 1 is 1.11 bits per heavy atom. The molecule has 0 unspecified atom stereocenters. The predicted octanol–water partition coefficient (Wildman–Crippen LogP) is 3.56. The molecule has 6 nitrogen and oxygen atoms in total. The lowest BCUT2D eigenvalue weighted by atomic mass is 10.2. The Hall–Kier alpha value is -2.00. The first kappa shape index (κ1) is 20.7. The molecule has 0 saturated carbocycles. The van der Waals surface area contributed by atoms with Crippen molar-refractivity contribution in [1.82, 2.24) is 9.88 Å². The van der Waals surface area contributed by atoms with Gasteiger partial charge < -0.3 is 4.90 Å². The zero-order valence-electron chi connectivity index (χ0n) is 15.7. The lowest BCUT2D eigenvalue weighted by Gasteiger charge is -2.22. The number of thiazole rings is 1. The number of anilines is 1. The van der Waals surface area contributed by atoms with Crippen LogP contribution in [0, 0.1) is 0 Å². The standard InChI is InChI=1S/C19H20ClN3O3S2/c1-22(2)10-11-23(18(24)13-4-6-14(20)7-5-13)19-21-16-9-8-15(28(3,25)26)12-17(16)27-19/h4-9,12H,10-11H2,1-3H3. The summed E-state index contributed by atoms with van der Waals surface area (Å²) in [6.07, 6.45) is 1.17. The number of benzene rings is 2. The van der Waals surface area contributed by atoms with Crippen molar-refractivity contribution < 1.29 is 13.2 Å². The van der Waals surface area contributed by atoms with Crippen LogP contribution < -0.4 is 4.90 Å². The van der Waals surface area contributed by atoms with Gasteiger partial charge in [0.15, 0.2) is 15.0 Å². The summed E-state index contributed by atoms with van der Waals surface area (Å²) in [5.41, 5.74) is 1.17. The molecule has 1 amide bonds. The number of nitrogens with zero attached hydrogens (tertiary/aromatic N) is 3. The van der Waals surface area contributed by atoms with Gasteiger partial charge in [0.05, 0.1) is 15.1 Å². The Morgan fingerprint density at radius 2 is 1.79 bits per heavy atom. The molecule has 1 aromatic heterocycles. The second kappa shape index (κ2) is 8.16. The number of rotatable bonds is 6. The Kier molecular flexibility index (Phi) is 6.04. The minimum atomic E-state index is -3.31. The van der Waals surface area contributed by atoms with E-state index >= 15 is 0 Å². The van der Waals surface area contributed by atoms with Crippen LogP contribution in [0.3, 0.4) is 0 Å². The van der Waals surface area contributed by atoms with Crippen LogP contribution in [0.4, 0.5) is 5.13 Å². The summed E-state index contributed by atoms with van der Waals surface area (Å²) in [5.74, 6) is -0.180. The van der Waals surface area contributed by atoms with Gasteiger partial charge in [-0.15, -0.1) is 0 Å². The number of fused-ring (bicyclic) bond motifs is 1. The molecule has 0 fully saturated rings. The molecule has 0 radical (unpaired) electrons. The molecule has 28 heavy (non-hydrogen) atoms. The molecule has 2 aromatic carbocycles. The van der Waals surface area contributed by atoms with Gasteiger partial charge >= 0.3 is 0 Å². The predicted molar refractivity (Wildman–Crippen MR) is 114 cm³/mol. The summed E-state index contributed by atoms with van der Waals surface area (Å²) in [4.78, 5) is 21.5. The van der Waals surface area contributed by atoms with Gasteiger partial charge in [-0.1, -0.05) is 22.9 Å². The summed E-state index contributed by atoms with van der Waals surface area (Å²) in [6, 6.07) is 11.5. The van der Waals surface area contributed by atoms with Crippen LogP contribution in [0.15, 0.2) is 47.4 Å². The molecule has 0 spiro atoms. The number of aromatic nitrogens is 1. The lowest BCUT2D eigenvalue weighted by Crippen LogP contribution is -2.36. The van der Waals surface area contributed by atoms with Gasteiger partial charge in [0.1, 0.15) is 0 Å². The van der Waals surface area contributed by atoms with Gasteiger partial charge in [-0.2, -0.15) is 0 Å². The number of likely N-dealkylation sites (N-methyl/N-ethyl adjacent to an activating group) is 1. The molecular weight excluding hydrogens is 418 g/mol. The largest absolute Gasteiger partial charge is 0.308 e. The zero-order valence-corrected chi connectivity index (χ0v) is 18.1. The number of carbonyl (C=O) groups is 1. The minimum Gasteiger partial charge on any atom is -0.308 e. The SMILES string of the molecule is CN(C)CCN(C(=O)c1ccc(Cl)cc1)c1nc2ccc(S(C)(=O)=O)cc2s1. The normalized spacial score (nSPS) is 11.9. The van der Waals surface area contributed by atoms with Crippen LogP contribution in [0.1, 0.15) is 10.4 Å². The highest BCUT2D eigenvalue weighted by atomic mass is 35.5. The molecule has 9 heteroatoms. The van der Waals surface area contributed by atoms with E-state index in [0.717, 1.165) is 4.70 Å². The molecule has 1 heterocycles. The first-order valence-electron chi connectivity index (χ1n) is 8.48. The van der Waals surface area contributed by atoms with Crippen LogP contribution in [0.2, 0.25) is 5.02 Å². The summed E-state index contributed by atoms with van der Waals surface area (Å²) in [6.45, 7) is 1.11. The van der Waals surface area contributed by atoms with E-state index in [1.54, 1.807) is 41.3 Å². The maximum atomic E-state index is 13.1. The number of hydrogen-bond donors (Lipinski definition) is 0. The molecule has 0 aliphatic rings. The lowest BCUT2D eigenvalue weighted by molar-refractivity contribution is 0.0985. The molecule has 3 rings (SSSR count). The number of sulfone groups is 1. The summed E-state index contributed by atoms with van der Waals surface area (Å²) >= 11 is 7.23. The fraction of sp³-hybridized carbons (Fsp3) is 0.263. The molecule has 0 aliphatic heterocycles. The summed E-state index contributed by atoms with van der Waals surface area (Å²) in [7, 11) is 0.553. The van der Waals surface area contributed by atoms with Gasteiger partial charge in [-0.05, 0) is 56.6 Å². The average molecular weight is 438 g/mol. The third kappa shape index (κ3) is 4.70. The van der Waals surface area contributed by atoms with E-state index in [2.05, 4.69) is 4.98 Å². The molecule has 148 valence electrons. The Morgan fingerprint density at radius 3 is 2.39 bits per heavy atom. The molecule has 0 bridgehead atoms. The third-order valence-electron chi connectivity index (χ3n) is 4.11. The Bertz CT molecular complexity index is 1110. The zero-order chi connectivity index (χ0) is 20.5. The van der Waals surface area contributed by atoms with Crippen LogP contribution in [0.25, 0.3) is 10.2 Å². The van der Waals surface area contributed by atoms with Crippen LogP contribution in [-0.2, 0) is 9.84 Å². The van der Waals surface area contributed by atoms with E-state index in [-0.39, 0.29) is 10.8 Å². The highest BCUT2D eigenvalue weighted by molar-refractivity contribution is 7.90. The third-order valence-corrected chi connectivity index (χ3v) is 6.52. The molecule has 0 aliphatic carbocycles. The minimum absolute atomic E-state index is 0.180. The summed E-state index contributed by atoms with van der Waals surface area (Å²) < 4.78 is 24.4. The molecule has 0 saturated heterocycles.